The van der Waals surface area contributed by atoms with Gasteiger partial charge in [-0.15, -0.1) is 10.2 Å². The van der Waals surface area contributed by atoms with Gasteiger partial charge < -0.3 is 20.3 Å². The van der Waals surface area contributed by atoms with Gasteiger partial charge in [-0.3, -0.25) is 4.79 Å². The Morgan fingerprint density at radius 1 is 1.61 bits per heavy atom. The number of nitrogens with one attached hydrogen (secondary N) is 1. The van der Waals surface area contributed by atoms with Gasteiger partial charge in [-0.05, 0) is 31.9 Å². The summed E-state index contributed by atoms with van der Waals surface area (Å²) in [6.45, 7) is 3.12. The molecule has 8 nitrogen and oxygen atoms in total. The number of rotatable bonds is 6. The van der Waals surface area contributed by atoms with Gasteiger partial charge in [0.25, 0.3) is 0 Å². The lowest BCUT2D eigenvalue weighted by molar-refractivity contribution is -0.120. The third kappa shape index (κ3) is 3.67. The van der Waals surface area contributed by atoms with Crippen LogP contribution in [-0.4, -0.2) is 45.3 Å². The molecule has 0 aliphatic carbocycles. The van der Waals surface area contributed by atoms with Crippen LogP contribution in [0.5, 0.6) is 0 Å². The van der Waals surface area contributed by atoms with Gasteiger partial charge in [0.05, 0.1) is 17.6 Å². The lowest BCUT2D eigenvalue weighted by Gasteiger charge is -2.14. The standard InChI is InChI=1S/C14H19N5O3S/c1-9(13(20)16-8-10-4-2-6-21-10)23-14-18-17-12(19(14)15)11-5-3-7-22-11/h3,5,7,9-10H,2,4,6,8,15H2,1H3,(H,16,20)/t9-,10+/m1/s1. The first-order chi connectivity index (χ1) is 11.1. The maximum absolute atomic E-state index is 12.1. The molecular formula is C14H19N5O3S. The topological polar surface area (TPSA) is 108 Å². The highest BCUT2D eigenvalue weighted by Gasteiger charge is 2.22. The third-order valence-electron chi connectivity index (χ3n) is 3.59. The van der Waals surface area contributed by atoms with Gasteiger partial charge in [0.1, 0.15) is 0 Å². The molecule has 3 N–H and O–H groups in total. The minimum atomic E-state index is -0.340. The summed E-state index contributed by atoms with van der Waals surface area (Å²) in [5.41, 5.74) is 0. The minimum absolute atomic E-state index is 0.0759. The Hall–Kier alpha value is -2.00. The lowest BCUT2D eigenvalue weighted by atomic mass is 10.2. The highest BCUT2D eigenvalue weighted by atomic mass is 32.2. The molecule has 23 heavy (non-hydrogen) atoms. The summed E-state index contributed by atoms with van der Waals surface area (Å²) in [6, 6.07) is 3.50. The Balaban J connectivity index is 1.57. The van der Waals surface area contributed by atoms with Crippen molar-refractivity contribution in [3.63, 3.8) is 0 Å². The second kappa shape index (κ2) is 7.05. The molecule has 0 bridgehead atoms. The van der Waals surface area contributed by atoms with E-state index in [0.717, 1.165) is 19.4 Å². The van der Waals surface area contributed by atoms with Crippen molar-refractivity contribution in [1.29, 1.82) is 0 Å². The molecule has 2 aromatic heterocycles. The number of ether oxygens (including phenoxy) is 1. The summed E-state index contributed by atoms with van der Waals surface area (Å²) in [5.74, 6) is 6.85. The molecule has 2 aromatic rings. The number of furan rings is 1. The fraction of sp³-hybridized carbons (Fsp3) is 0.500. The molecule has 9 heteroatoms. The predicted molar refractivity (Wildman–Crippen MR) is 85.2 cm³/mol. The third-order valence-corrected chi connectivity index (χ3v) is 4.64. The Bertz CT molecular complexity index is 651. The van der Waals surface area contributed by atoms with Crippen molar-refractivity contribution in [2.45, 2.75) is 36.3 Å². The molecular weight excluding hydrogens is 318 g/mol. The van der Waals surface area contributed by atoms with Crippen molar-refractivity contribution in [3.8, 4) is 11.6 Å². The maximum atomic E-state index is 12.1. The molecule has 0 saturated carbocycles. The van der Waals surface area contributed by atoms with Gasteiger partial charge in [0.2, 0.25) is 16.9 Å². The van der Waals surface area contributed by atoms with Gasteiger partial charge in [-0.2, -0.15) is 0 Å². The van der Waals surface area contributed by atoms with E-state index in [2.05, 4.69) is 15.5 Å². The fourth-order valence-corrected chi connectivity index (χ4v) is 3.10. The number of nitrogen functional groups attached to an aromatic ring is 1. The van der Waals surface area contributed by atoms with Crippen molar-refractivity contribution in [2.75, 3.05) is 19.0 Å². The Morgan fingerprint density at radius 3 is 3.17 bits per heavy atom. The first kappa shape index (κ1) is 15.9. The molecule has 0 radical (unpaired) electrons. The first-order valence-corrected chi connectivity index (χ1v) is 8.33. The fourth-order valence-electron chi connectivity index (χ4n) is 2.31. The SMILES string of the molecule is C[C@@H](Sc1nnc(-c2ccco2)n1N)C(=O)NC[C@@H]1CCCO1. The van der Waals surface area contributed by atoms with Crippen molar-refractivity contribution in [1.82, 2.24) is 20.2 Å². The van der Waals surface area contributed by atoms with Crippen LogP contribution >= 0.6 is 11.8 Å². The van der Waals surface area contributed by atoms with Crippen LogP contribution < -0.4 is 11.2 Å². The number of thioether (sulfide) groups is 1. The summed E-state index contributed by atoms with van der Waals surface area (Å²) in [6.07, 6.45) is 3.71. The van der Waals surface area contributed by atoms with Crippen LogP contribution in [0.25, 0.3) is 11.6 Å². The smallest absolute Gasteiger partial charge is 0.233 e. The molecule has 0 unspecified atom stereocenters. The van der Waals surface area contributed by atoms with Gasteiger partial charge in [0.15, 0.2) is 5.76 Å². The molecule has 1 amide bonds. The van der Waals surface area contributed by atoms with E-state index < -0.39 is 0 Å². The second-order valence-corrected chi connectivity index (χ2v) is 6.60. The molecule has 1 aliphatic rings. The predicted octanol–water partition coefficient (Wildman–Crippen LogP) is 1.03. The summed E-state index contributed by atoms with van der Waals surface area (Å²) in [7, 11) is 0. The van der Waals surface area contributed by atoms with Crippen molar-refractivity contribution in [3.05, 3.63) is 18.4 Å². The van der Waals surface area contributed by atoms with E-state index in [1.54, 1.807) is 19.1 Å². The van der Waals surface area contributed by atoms with E-state index in [4.69, 9.17) is 15.0 Å². The Kier molecular flexibility index (Phi) is 4.87. The number of nitrogens with zero attached hydrogens (tertiary/aromatic N) is 3. The summed E-state index contributed by atoms with van der Waals surface area (Å²) in [5, 5.41) is 11.0. The number of carbonyl (C=O) groups is 1. The van der Waals surface area contributed by atoms with Crippen LogP contribution in [0.4, 0.5) is 0 Å². The van der Waals surface area contributed by atoms with Crippen LogP contribution in [0.1, 0.15) is 19.8 Å². The number of hydrogen-bond donors (Lipinski definition) is 2. The first-order valence-electron chi connectivity index (χ1n) is 7.45. The molecule has 0 spiro atoms. The van der Waals surface area contributed by atoms with E-state index >= 15 is 0 Å². The normalized spacial score (nSPS) is 18.9. The molecule has 124 valence electrons. The van der Waals surface area contributed by atoms with Gasteiger partial charge in [0, 0.05) is 13.2 Å². The van der Waals surface area contributed by atoms with Gasteiger partial charge >= 0.3 is 0 Å². The highest BCUT2D eigenvalue weighted by molar-refractivity contribution is 8.00. The molecule has 1 aliphatic heterocycles. The van der Waals surface area contributed by atoms with Crippen LogP contribution in [0.3, 0.4) is 0 Å². The van der Waals surface area contributed by atoms with E-state index in [1.165, 1.54) is 22.7 Å². The van der Waals surface area contributed by atoms with Crippen molar-refractivity contribution >= 4 is 17.7 Å². The van der Waals surface area contributed by atoms with Crippen LogP contribution in [0.15, 0.2) is 28.0 Å². The average Bonchev–Trinajstić information content (AvgIpc) is 3.27. The van der Waals surface area contributed by atoms with E-state index in [9.17, 15) is 4.79 Å². The summed E-state index contributed by atoms with van der Waals surface area (Å²) < 4.78 is 12.1. The second-order valence-electron chi connectivity index (χ2n) is 5.29. The lowest BCUT2D eigenvalue weighted by Crippen LogP contribution is -2.36. The molecule has 2 atom stereocenters. The Labute approximate surface area is 137 Å². The van der Waals surface area contributed by atoms with E-state index in [-0.39, 0.29) is 17.3 Å². The highest BCUT2D eigenvalue weighted by Crippen LogP contribution is 2.25. The number of amides is 1. The Morgan fingerprint density at radius 2 is 2.48 bits per heavy atom. The van der Waals surface area contributed by atoms with Crippen molar-refractivity contribution < 1.29 is 13.9 Å². The van der Waals surface area contributed by atoms with Crippen LogP contribution in [0, 0.1) is 0 Å². The van der Waals surface area contributed by atoms with Crippen LogP contribution in [0.2, 0.25) is 0 Å². The zero-order valence-corrected chi connectivity index (χ0v) is 13.6. The molecule has 3 rings (SSSR count). The summed E-state index contributed by atoms with van der Waals surface area (Å²) >= 11 is 1.25. The number of nitrogens with two attached hydrogens (primary N) is 1. The largest absolute Gasteiger partial charge is 0.461 e. The number of carbonyl (C=O) groups excluding carboxylic acids is 1. The maximum Gasteiger partial charge on any atom is 0.233 e. The van der Waals surface area contributed by atoms with Gasteiger partial charge in [-0.1, -0.05) is 11.8 Å². The molecule has 1 saturated heterocycles. The number of hydrogen-bond acceptors (Lipinski definition) is 7. The van der Waals surface area contributed by atoms with Crippen LogP contribution in [-0.2, 0) is 9.53 Å². The van der Waals surface area contributed by atoms with E-state index in [1.807, 2.05) is 0 Å². The molecule has 3 heterocycles. The molecule has 1 fully saturated rings. The zero-order chi connectivity index (χ0) is 16.2. The quantitative estimate of drug-likeness (QED) is 0.598. The minimum Gasteiger partial charge on any atom is -0.461 e. The average molecular weight is 337 g/mol. The zero-order valence-electron chi connectivity index (χ0n) is 12.8. The van der Waals surface area contributed by atoms with E-state index in [0.29, 0.717) is 23.3 Å². The molecule has 0 aromatic carbocycles. The van der Waals surface area contributed by atoms with Gasteiger partial charge in [-0.25, -0.2) is 4.68 Å². The summed E-state index contributed by atoms with van der Waals surface area (Å²) in [4.78, 5) is 12.1. The number of aromatic nitrogens is 3. The monoisotopic (exact) mass is 337 g/mol. The van der Waals surface area contributed by atoms with Crippen molar-refractivity contribution in [2.24, 2.45) is 0 Å².